The second-order valence-electron chi connectivity index (χ2n) is 5.77. The summed E-state index contributed by atoms with van der Waals surface area (Å²) in [6, 6.07) is 7.53. The van der Waals surface area contributed by atoms with Crippen molar-refractivity contribution in [2.24, 2.45) is 11.8 Å². The molecule has 3 nitrogen and oxygen atoms in total. The van der Waals surface area contributed by atoms with Gasteiger partial charge in [0.1, 0.15) is 0 Å². The molecule has 0 bridgehead atoms. The minimum absolute atomic E-state index is 0.656. The van der Waals surface area contributed by atoms with Crippen LogP contribution in [0.4, 0.5) is 11.4 Å². The fourth-order valence-corrected chi connectivity index (χ4v) is 3.01. The van der Waals surface area contributed by atoms with Crippen LogP contribution in [0.1, 0.15) is 44.6 Å². The van der Waals surface area contributed by atoms with Gasteiger partial charge in [-0.1, -0.05) is 26.2 Å². The maximum absolute atomic E-state index is 8.89. The van der Waals surface area contributed by atoms with Gasteiger partial charge in [0.25, 0.3) is 0 Å². The van der Waals surface area contributed by atoms with Gasteiger partial charge in [-0.3, -0.25) is 0 Å². The molecular formula is C16H23N3. The van der Waals surface area contributed by atoms with E-state index in [-0.39, 0.29) is 0 Å². The third-order valence-corrected chi connectivity index (χ3v) is 4.10. The SMILES string of the molecule is CC1CCCC(CCNc2cc(C#N)ccc2N)C1. The molecule has 0 aliphatic heterocycles. The van der Waals surface area contributed by atoms with E-state index >= 15 is 0 Å². The predicted octanol–water partition coefficient (Wildman–Crippen LogP) is 3.77. The van der Waals surface area contributed by atoms with Crippen molar-refractivity contribution >= 4 is 11.4 Å². The molecule has 1 fully saturated rings. The van der Waals surface area contributed by atoms with Gasteiger partial charge in [0.2, 0.25) is 0 Å². The van der Waals surface area contributed by atoms with E-state index in [1.165, 1.54) is 32.1 Å². The molecule has 19 heavy (non-hydrogen) atoms. The van der Waals surface area contributed by atoms with Gasteiger partial charge in [0, 0.05) is 6.54 Å². The maximum Gasteiger partial charge on any atom is 0.0992 e. The van der Waals surface area contributed by atoms with Crippen LogP contribution in [0, 0.1) is 23.2 Å². The van der Waals surface area contributed by atoms with Gasteiger partial charge in [0.05, 0.1) is 23.0 Å². The third kappa shape index (κ3) is 3.89. The van der Waals surface area contributed by atoms with E-state index in [4.69, 9.17) is 11.0 Å². The molecule has 0 amide bonds. The quantitative estimate of drug-likeness (QED) is 0.807. The van der Waals surface area contributed by atoms with Gasteiger partial charge in [-0.05, 0) is 42.9 Å². The molecule has 0 saturated heterocycles. The fraction of sp³-hybridized carbons (Fsp3) is 0.562. The van der Waals surface area contributed by atoms with Gasteiger partial charge in [0.15, 0.2) is 0 Å². The molecule has 3 N–H and O–H groups in total. The Morgan fingerprint density at radius 3 is 3.00 bits per heavy atom. The highest BCUT2D eigenvalue weighted by Gasteiger charge is 2.18. The second kappa shape index (κ2) is 6.47. The van der Waals surface area contributed by atoms with Crippen LogP contribution in [0.25, 0.3) is 0 Å². The Kier molecular flexibility index (Phi) is 4.68. The van der Waals surface area contributed by atoms with Crippen molar-refractivity contribution in [3.05, 3.63) is 23.8 Å². The van der Waals surface area contributed by atoms with Crippen LogP contribution in [0.3, 0.4) is 0 Å². The van der Waals surface area contributed by atoms with Crippen LogP contribution >= 0.6 is 0 Å². The first-order chi connectivity index (χ1) is 9.19. The molecule has 2 atom stereocenters. The maximum atomic E-state index is 8.89. The number of anilines is 2. The van der Waals surface area contributed by atoms with E-state index in [0.717, 1.165) is 29.8 Å². The standard InChI is InChI=1S/C16H23N3/c1-12-3-2-4-13(9-12)7-8-19-16-10-14(11-17)5-6-15(16)18/h5-6,10,12-13,19H,2-4,7-9,18H2,1H3. The summed E-state index contributed by atoms with van der Waals surface area (Å²) in [4.78, 5) is 0. The summed E-state index contributed by atoms with van der Waals surface area (Å²) in [6.45, 7) is 3.30. The molecule has 0 radical (unpaired) electrons. The van der Waals surface area contributed by atoms with Crippen molar-refractivity contribution in [2.45, 2.75) is 39.0 Å². The number of hydrogen-bond donors (Lipinski definition) is 2. The molecule has 0 aromatic heterocycles. The minimum atomic E-state index is 0.656. The molecule has 2 unspecified atom stereocenters. The Morgan fingerprint density at radius 1 is 1.42 bits per heavy atom. The summed E-state index contributed by atoms with van der Waals surface area (Å²) in [5.74, 6) is 1.72. The van der Waals surface area contributed by atoms with Crippen LogP contribution in [-0.2, 0) is 0 Å². The van der Waals surface area contributed by atoms with Crippen LogP contribution in [0.5, 0.6) is 0 Å². The third-order valence-electron chi connectivity index (χ3n) is 4.10. The first-order valence-electron chi connectivity index (χ1n) is 7.22. The monoisotopic (exact) mass is 257 g/mol. The molecule has 3 heteroatoms. The van der Waals surface area contributed by atoms with Gasteiger partial charge in [-0.25, -0.2) is 0 Å². The highest BCUT2D eigenvalue weighted by atomic mass is 14.9. The van der Waals surface area contributed by atoms with Crippen molar-refractivity contribution in [3.8, 4) is 6.07 Å². The molecule has 1 aromatic carbocycles. The molecule has 1 aliphatic carbocycles. The lowest BCUT2D eigenvalue weighted by Gasteiger charge is -2.26. The number of nitrogen functional groups attached to an aromatic ring is 1. The summed E-state index contributed by atoms with van der Waals surface area (Å²) in [5, 5.41) is 12.3. The van der Waals surface area contributed by atoms with Crippen molar-refractivity contribution in [2.75, 3.05) is 17.6 Å². The fourth-order valence-electron chi connectivity index (χ4n) is 3.01. The van der Waals surface area contributed by atoms with Crippen molar-refractivity contribution < 1.29 is 0 Å². The molecule has 102 valence electrons. The van der Waals surface area contributed by atoms with Crippen molar-refractivity contribution in [3.63, 3.8) is 0 Å². The van der Waals surface area contributed by atoms with E-state index in [1.54, 1.807) is 12.1 Å². The lowest BCUT2D eigenvalue weighted by atomic mass is 9.81. The number of nitriles is 1. The average Bonchev–Trinajstić information content (AvgIpc) is 2.41. The number of rotatable bonds is 4. The summed E-state index contributed by atoms with van der Waals surface area (Å²) in [5.41, 5.74) is 8.18. The Morgan fingerprint density at radius 2 is 2.26 bits per heavy atom. The lowest BCUT2D eigenvalue weighted by molar-refractivity contribution is 0.274. The number of nitrogens with two attached hydrogens (primary N) is 1. The highest BCUT2D eigenvalue weighted by Crippen LogP contribution is 2.30. The van der Waals surface area contributed by atoms with E-state index in [9.17, 15) is 0 Å². The van der Waals surface area contributed by atoms with Crippen molar-refractivity contribution in [1.82, 2.24) is 0 Å². The zero-order valence-electron chi connectivity index (χ0n) is 11.7. The van der Waals surface area contributed by atoms with Crippen molar-refractivity contribution in [1.29, 1.82) is 5.26 Å². The summed E-state index contributed by atoms with van der Waals surface area (Å²) in [6.07, 6.45) is 6.68. The summed E-state index contributed by atoms with van der Waals surface area (Å²) >= 11 is 0. The average molecular weight is 257 g/mol. The van der Waals surface area contributed by atoms with E-state index < -0.39 is 0 Å². The highest BCUT2D eigenvalue weighted by molar-refractivity contribution is 5.68. The lowest BCUT2D eigenvalue weighted by Crippen LogP contribution is -2.17. The molecule has 1 aromatic rings. The Hall–Kier alpha value is -1.69. The number of nitrogens with one attached hydrogen (secondary N) is 1. The predicted molar refractivity (Wildman–Crippen MR) is 79.8 cm³/mol. The molecule has 0 spiro atoms. The van der Waals surface area contributed by atoms with Crippen LogP contribution in [-0.4, -0.2) is 6.54 Å². The van der Waals surface area contributed by atoms with Crippen LogP contribution in [0.15, 0.2) is 18.2 Å². The second-order valence-corrected chi connectivity index (χ2v) is 5.77. The first kappa shape index (κ1) is 13.7. The number of benzene rings is 1. The molecule has 0 heterocycles. The molecule has 2 rings (SSSR count). The van der Waals surface area contributed by atoms with Gasteiger partial charge >= 0.3 is 0 Å². The van der Waals surface area contributed by atoms with Crippen LogP contribution < -0.4 is 11.1 Å². The number of nitrogens with zero attached hydrogens (tertiary/aromatic N) is 1. The Labute approximate surface area is 115 Å². The molecular weight excluding hydrogens is 234 g/mol. The molecule has 1 saturated carbocycles. The first-order valence-corrected chi connectivity index (χ1v) is 7.22. The van der Waals surface area contributed by atoms with E-state index in [1.807, 2.05) is 6.07 Å². The van der Waals surface area contributed by atoms with Crippen LogP contribution in [0.2, 0.25) is 0 Å². The summed E-state index contributed by atoms with van der Waals surface area (Å²) < 4.78 is 0. The molecule has 1 aliphatic rings. The topological polar surface area (TPSA) is 61.8 Å². The smallest absolute Gasteiger partial charge is 0.0992 e. The Bertz CT molecular complexity index is 462. The number of hydrogen-bond acceptors (Lipinski definition) is 3. The van der Waals surface area contributed by atoms with E-state index in [0.29, 0.717) is 5.56 Å². The van der Waals surface area contributed by atoms with Gasteiger partial charge in [-0.2, -0.15) is 5.26 Å². The van der Waals surface area contributed by atoms with E-state index in [2.05, 4.69) is 18.3 Å². The zero-order valence-corrected chi connectivity index (χ0v) is 11.7. The van der Waals surface area contributed by atoms with Gasteiger partial charge in [-0.15, -0.1) is 0 Å². The minimum Gasteiger partial charge on any atom is -0.397 e. The zero-order chi connectivity index (χ0) is 13.7. The largest absolute Gasteiger partial charge is 0.397 e. The normalized spacial score (nSPS) is 22.7. The summed E-state index contributed by atoms with van der Waals surface area (Å²) in [7, 11) is 0. The Balaban J connectivity index is 1.84. The van der Waals surface area contributed by atoms with Gasteiger partial charge < -0.3 is 11.1 Å².